The first-order valence-electron chi connectivity index (χ1n) is 5.64. The largest absolute Gasteiger partial charge is 0.448 e. The second kappa shape index (κ2) is 8.00. The molecule has 0 atom stereocenters. The van der Waals surface area contributed by atoms with Crippen molar-refractivity contribution in [3.63, 3.8) is 0 Å². The number of nitro groups is 1. The lowest BCUT2D eigenvalue weighted by Gasteiger charge is -2.07. The fourth-order valence-corrected chi connectivity index (χ4v) is 1.35. The van der Waals surface area contributed by atoms with Gasteiger partial charge in [-0.25, -0.2) is 4.79 Å². The van der Waals surface area contributed by atoms with Gasteiger partial charge in [0, 0.05) is 11.8 Å². The van der Waals surface area contributed by atoms with E-state index in [1.807, 2.05) is 0 Å². The number of hydrogen-bond donors (Lipinski definition) is 2. The van der Waals surface area contributed by atoms with Gasteiger partial charge in [0.2, 0.25) is 11.7 Å². The summed E-state index contributed by atoms with van der Waals surface area (Å²) in [5.41, 5.74) is -0.730. The van der Waals surface area contributed by atoms with Gasteiger partial charge in [0.1, 0.15) is 13.2 Å². The van der Waals surface area contributed by atoms with E-state index in [0.717, 1.165) is 18.2 Å². The van der Waals surface area contributed by atoms with Crippen LogP contribution in [0.2, 0.25) is 0 Å². The number of nitro benzene ring substituents is 1. The summed E-state index contributed by atoms with van der Waals surface area (Å²) < 4.78 is 17.6. The van der Waals surface area contributed by atoms with E-state index >= 15 is 0 Å². The maximum atomic E-state index is 13.1. The Bertz CT molecular complexity index is 555. The third-order valence-corrected chi connectivity index (χ3v) is 2.28. The molecule has 1 aromatic rings. The first kappa shape index (κ1) is 16.6. The maximum absolute atomic E-state index is 13.1. The molecular formula is C11H11ClFN3O5. The van der Waals surface area contributed by atoms with Crippen molar-refractivity contribution in [1.82, 2.24) is 5.32 Å². The predicted molar refractivity (Wildman–Crippen MR) is 71.8 cm³/mol. The van der Waals surface area contributed by atoms with Crippen LogP contribution in [-0.2, 0) is 9.53 Å². The number of nitrogens with zero attached hydrogens (tertiary/aromatic N) is 1. The smallest absolute Gasteiger partial charge is 0.407 e. The van der Waals surface area contributed by atoms with Gasteiger partial charge in [-0.1, -0.05) is 0 Å². The standard InChI is InChI=1S/C11H11ClFN3O5/c12-3-4-21-11(18)14-6-10(17)15-7-1-2-8(13)9(5-7)16(19)20/h1-2,5H,3-4,6H2,(H,14,18)(H,15,17). The highest BCUT2D eigenvalue weighted by atomic mass is 35.5. The average molecular weight is 320 g/mol. The van der Waals surface area contributed by atoms with E-state index in [1.54, 1.807) is 0 Å². The number of carbonyl (C=O) groups is 2. The zero-order valence-corrected chi connectivity index (χ0v) is 11.4. The highest BCUT2D eigenvalue weighted by molar-refractivity contribution is 6.18. The van der Waals surface area contributed by atoms with Gasteiger partial charge < -0.3 is 15.4 Å². The molecule has 0 aromatic heterocycles. The number of benzene rings is 1. The number of anilines is 1. The van der Waals surface area contributed by atoms with Gasteiger partial charge in [-0.3, -0.25) is 14.9 Å². The summed E-state index contributed by atoms with van der Waals surface area (Å²) in [5.74, 6) is -1.54. The minimum Gasteiger partial charge on any atom is -0.448 e. The average Bonchev–Trinajstić information content (AvgIpc) is 2.44. The molecule has 2 N–H and O–H groups in total. The van der Waals surface area contributed by atoms with Crippen molar-refractivity contribution in [2.75, 3.05) is 24.3 Å². The van der Waals surface area contributed by atoms with Gasteiger partial charge in [0.05, 0.1) is 10.8 Å². The Morgan fingerprint density at radius 1 is 1.43 bits per heavy atom. The Morgan fingerprint density at radius 2 is 2.14 bits per heavy atom. The zero-order valence-electron chi connectivity index (χ0n) is 10.6. The molecule has 0 aliphatic rings. The molecular weight excluding hydrogens is 309 g/mol. The molecule has 0 saturated heterocycles. The molecule has 0 spiro atoms. The molecule has 0 fully saturated rings. The molecule has 114 valence electrons. The summed E-state index contributed by atoms with van der Waals surface area (Å²) in [4.78, 5) is 32.2. The fraction of sp³-hybridized carbons (Fsp3) is 0.273. The highest BCUT2D eigenvalue weighted by Gasteiger charge is 2.15. The molecule has 1 aromatic carbocycles. The van der Waals surface area contributed by atoms with Gasteiger partial charge in [0.25, 0.3) is 0 Å². The van der Waals surface area contributed by atoms with Gasteiger partial charge >= 0.3 is 11.8 Å². The van der Waals surface area contributed by atoms with Crippen LogP contribution in [0.15, 0.2) is 18.2 Å². The van der Waals surface area contributed by atoms with Gasteiger partial charge in [-0.2, -0.15) is 4.39 Å². The third-order valence-electron chi connectivity index (χ3n) is 2.13. The van der Waals surface area contributed by atoms with Gasteiger partial charge in [0.15, 0.2) is 0 Å². The van der Waals surface area contributed by atoms with Crippen LogP contribution in [0.3, 0.4) is 0 Å². The normalized spacial score (nSPS) is 9.81. The number of nitrogens with one attached hydrogen (secondary N) is 2. The topological polar surface area (TPSA) is 111 Å². The Morgan fingerprint density at radius 3 is 2.76 bits per heavy atom. The SMILES string of the molecule is O=C(CNC(=O)OCCCl)Nc1ccc(F)c([N+](=O)[O-])c1. The molecule has 0 unspecified atom stereocenters. The van der Waals surface area contributed by atoms with Crippen LogP contribution in [0.5, 0.6) is 0 Å². The summed E-state index contributed by atoms with van der Waals surface area (Å²) >= 11 is 5.30. The van der Waals surface area contributed by atoms with Crippen LogP contribution in [0, 0.1) is 15.9 Å². The fourth-order valence-electron chi connectivity index (χ4n) is 1.27. The first-order valence-corrected chi connectivity index (χ1v) is 6.18. The van der Waals surface area contributed by atoms with E-state index in [-0.39, 0.29) is 18.2 Å². The Hall–Kier alpha value is -2.42. The molecule has 21 heavy (non-hydrogen) atoms. The van der Waals surface area contributed by atoms with Crippen LogP contribution < -0.4 is 10.6 Å². The minimum atomic E-state index is -1.01. The Kier molecular flexibility index (Phi) is 6.34. The molecule has 0 radical (unpaired) electrons. The molecule has 1 rings (SSSR count). The molecule has 0 aliphatic carbocycles. The summed E-state index contributed by atoms with van der Waals surface area (Å²) in [6.07, 6.45) is -0.823. The monoisotopic (exact) mass is 319 g/mol. The van der Waals surface area contributed by atoms with E-state index < -0.39 is 35.0 Å². The van der Waals surface area contributed by atoms with Crippen LogP contribution >= 0.6 is 11.6 Å². The number of alkyl halides is 1. The molecule has 2 amide bonds. The number of hydrogen-bond acceptors (Lipinski definition) is 5. The molecule has 0 bridgehead atoms. The van der Waals surface area contributed by atoms with E-state index in [1.165, 1.54) is 0 Å². The lowest BCUT2D eigenvalue weighted by Crippen LogP contribution is -2.33. The molecule has 8 nitrogen and oxygen atoms in total. The maximum Gasteiger partial charge on any atom is 0.407 e. The van der Waals surface area contributed by atoms with Crippen molar-refractivity contribution in [1.29, 1.82) is 0 Å². The summed E-state index contributed by atoms with van der Waals surface area (Å²) in [6.45, 7) is -0.411. The second-order valence-corrected chi connectivity index (χ2v) is 4.03. The van der Waals surface area contributed by atoms with Crippen molar-refractivity contribution in [3.05, 3.63) is 34.1 Å². The first-order chi connectivity index (χ1) is 9.93. The summed E-state index contributed by atoms with van der Waals surface area (Å²) in [7, 11) is 0. The van der Waals surface area contributed by atoms with Crippen LogP contribution in [0.4, 0.5) is 20.6 Å². The lowest BCUT2D eigenvalue weighted by molar-refractivity contribution is -0.387. The van der Waals surface area contributed by atoms with E-state index in [2.05, 4.69) is 15.4 Å². The number of halogens is 2. The van der Waals surface area contributed by atoms with Crippen LogP contribution in [0.25, 0.3) is 0 Å². The molecule has 0 saturated carbocycles. The van der Waals surface area contributed by atoms with E-state index in [0.29, 0.717) is 0 Å². The number of ether oxygens (including phenoxy) is 1. The molecule has 0 heterocycles. The third kappa shape index (κ3) is 5.61. The minimum absolute atomic E-state index is 0.000829. The van der Waals surface area contributed by atoms with Gasteiger partial charge in [-0.15, -0.1) is 11.6 Å². The van der Waals surface area contributed by atoms with Crippen molar-refractivity contribution >= 4 is 35.0 Å². The molecule has 10 heteroatoms. The second-order valence-electron chi connectivity index (χ2n) is 3.65. The van der Waals surface area contributed by atoms with Crippen molar-refractivity contribution < 1.29 is 23.6 Å². The van der Waals surface area contributed by atoms with Crippen molar-refractivity contribution in [2.45, 2.75) is 0 Å². The van der Waals surface area contributed by atoms with Crippen LogP contribution in [0.1, 0.15) is 0 Å². The number of alkyl carbamates (subject to hydrolysis) is 1. The van der Waals surface area contributed by atoms with Gasteiger partial charge in [-0.05, 0) is 12.1 Å². The lowest BCUT2D eigenvalue weighted by atomic mass is 10.2. The highest BCUT2D eigenvalue weighted by Crippen LogP contribution is 2.21. The van der Waals surface area contributed by atoms with E-state index in [9.17, 15) is 24.1 Å². The number of rotatable bonds is 6. The van der Waals surface area contributed by atoms with E-state index in [4.69, 9.17) is 11.6 Å². The van der Waals surface area contributed by atoms with Crippen LogP contribution in [-0.4, -0.2) is 36.0 Å². The van der Waals surface area contributed by atoms with Crippen molar-refractivity contribution in [2.24, 2.45) is 0 Å². The quantitative estimate of drug-likeness (QED) is 0.470. The zero-order chi connectivity index (χ0) is 15.8. The predicted octanol–water partition coefficient (Wildman–Crippen LogP) is 1.64. The summed E-state index contributed by atoms with van der Waals surface area (Å²) in [5, 5.41) is 15.0. The van der Waals surface area contributed by atoms with Crippen molar-refractivity contribution in [3.8, 4) is 0 Å². The number of carbonyl (C=O) groups excluding carboxylic acids is 2. The summed E-state index contributed by atoms with van der Waals surface area (Å²) in [6, 6.07) is 2.89. The Balaban J connectivity index is 2.53. The molecule has 0 aliphatic heterocycles. The number of amides is 2. The Labute approximate surface area is 123 Å².